The quantitative estimate of drug-likeness (QED) is 0.390. The molecule has 0 heterocycles. The lowest BCUT2D eigenvalue weighted by atomic mass is 9.86. The highest BCUT2D eigenvalue weighted by atomic mass is 16.4. The maximum absolute atomic E-state index is 11.1. The van der Waals surface area contributed by atoms with Gasteiger partial charge >= 0.3 is 5.97 Å². The summed E-state index contributed by atoms with van der Waals surface area (Å²) in [6.07, 6.45) is 15.9. The second-order valence-corrected chi connectivity index (χ2v) is 7.22. The van der Waals surface area contributed by atoms with Gasteiger partial charge in [-0.3, -0.25) is 4.79 Å². The van der Waals surface area contributed by atoms with Gasteiger partial charge in [-0.1, -0.05) is 84.0 Å². The van der Waals surface area contributed by atoms with E-state index in [-0.39, 0.29) is 0 Å². The Kier molecular flexibility index (Phi) is 12.6. The Hall–Kier alpha value is -0.570. The molecule has 22 heavy (non-hydrogen) atoms. The third-order valence-electron chi connectivity index (χ3n) is 4.50. The molecule has 0 aliphatic rings. The zero-order valence-electron chi connectivity index (χ0n) is 15.1. The summed E-state index contributed by atoms with van der Waals surface area (Å²) >= 11 is 0. The van der Waals surface area contributed by atoms with Crippen LogP contribution in [0.3, 0.4) is 0 Å². The Morgan fingerprint density at radius 1 is 0.818 bits per heavy atom. The molecule has 0 bridgehead atoms. The molecule has 0 aliphatic heterocycles. The van der Waals surface area contributed by atoms with Crippen LogP contribution in [-0.2, 0) is 4.79 Å². The summed E-state index contributed by atoms with van der Waals surface area (Å²) in [5.41, 5.74) is -1.12. The van der Waals surface area contributed by atoms with Crippen LogP contribution in [0.2, 0.25) is 0 Å². The SMILES string of the molecule is CCCCCCCCCCCCCC[C@H](C(=O)O)C(C)(C)O. The highest BCUT2D eigenvalue weighted by Gasteiger charge is 2.32. The van der Waals surface area contributed by atoms with Crippen LogP contribution in [0, 0.1) is 5.92 Å². The fourth-order valence-electron chi connectivity index (χ4n) is 2.97. The van der Waals surface area contributed by atoms with Crippen molar-refractivity contribution < 1.29 is 15.0 Å². The fourth-order valence-corrected chi connectivity index (χ4v) is 2.97. The molecular weight excluding hydrogens is 276 g/mol. The van der Waals surface area contributed by atoms with Crippen molar-refractivity contribution in [2.75, 3.05) is 0 Å². The first-order valence-electron chi connectivity index (χ1n) is 9.34. The Bertz CT molecular complexity index is 268. The van der Waals surface area contributed by atoms with Crippen LogP contribution >= 0.6 is 0 Å². The van der Waals surface area contributed by atoms with Gasteiger partial charge in [0.05, 0.1) is 11.5 Å². The molecule has 0 saturated carbocycles. The normalized spacial score (nSPS) is 13.3. The Morgan fingerprint density at radius 3 is 1.50 bits per heavy atom. The second kappa shape index (κ2) is 12.9. The molecule has 0 aromatic heterocycles. The van der Waals surface area contributed by atoms with Crippen molar-refractivity contribution in [1.82, 2.24) is 0 Å². The lowest BCUT2D eigenvalue weighted by Gasteiger charge is -2.25. The van der Waals surface area contributed by atoms with Gasteiger partial charge in [0.1, 0.15) is 0 Å². The van der Waals surface area contributed by atoms with Crippen molar-refractivity contribution in [3.05, 3.63) is 0 Å². The van der Waals surface area contributed by atoms with E-state index in [4.69, 9.17) is 5.11 Å². The number of aliphatic hydroxyl groups is 1. The second-order valence-electron chi connectivity index (χ2n) is 7.22. The minimum Gasteiger partial charge on any atom is -0.481 e. The molecule has 0 unspecified atom stereocenters. The lowest BCUT2D eigenvalue weighted by Crippen LogP contribution is -2.36. The molecule has 0 radical (unpaired) electrons. The molecule has 0 spiro atoms. The summed E-state index contributed by atoms with van der Waals surface area (Å²) in [4.78, 5) is 11.1. The van der Waals surface area contributed by atoms with Gasteiger partial charge in [-0.2, -0.15) is 0 Å². The molecule has 0 aromatic carbocycles. The van der Waals surface area contributed by atoms with E-state index < -0.39 is 17.5 Å². The van der Waals surface area contributed by atoms with Crippen LogP contribution in [0.4, 0.5) is 0 Å². The highest BCUT2D eigenvalue weighted by molar-refractivity contribution is 5.71. The van der Waals surface area contributed by atoms with Gasteiger partial charge < -0.3 is 10.2 Å². The summed E-state index contributed by atoms with van der Waals surface area (Å²) in [6, 6.07) is 0. The van der Waals surface area contributed by atoms with E-state index in [1.54, 1.807) is 13.8 Å². The van der Waals surface area contributed by atoms with Crippen LogP contribution in [0.5, 0.6) is 0 Å². The van der Waals surface area contributed by atoms with Crippen LogP contribution in [0.25, 0.3) is 0 Å². The van der Waals surface area contributed by atoms with Crippen molar-refractivity contribution in [2.24, 2.45) is 5.92 Å². The van der Waals surface area contributed by atoms with Crippen LogP contribution < -0.4 is 0 Å². The number of unbranched alkanes of at least 4 members (excludes halogenated alkanes) is 11. The molecular formula is C19H38O3. The van der Waals surface area contributed by atoms with E-state index in [0.717, 1.165) is 12.8 Å². The molecule has 3 heteroatoms. The Morgan fingerprint density at radius 2 is 1.18 bits per heavy atom. The van der Waals surface area contributed by atoms with E-state index in [0.29, 0.717) is 6.42 Å². The number of hydrogen-bond donors (Lipinski definition) is 2. The van der Waals surface area contributed by atoms with E-state index in [1.165, 1.54) is 64.2 Å². The molecule has 0 aliphatic carbocycles. The molecule has 3 nitrogen and oxygen atoms in total. The van der Waals surface area contributed by atoms with Crippen molar-refractivity contribution in [2.45, 2.75) is 110 Å². The van der Waals surface area contributed by atoms with E-state index in [1.807, 2.05) is 0 Å². The summed E-state index contributed by atoms with van der Waals surface area (Å²) in [5.74, 6) is -1.52. The Balaban J connectivity index is 3.41. The van der Waals surface area contributed by atoms with Gasteiger partial charge in [0.15, 0.2) is 0 Å². The van der Waals surface area contributed by atoms with Crippen molar-refractivity contribution in [1.29, 1.82) is 0 Å². The number of carboxylic acid groups (broad SMARTS) is 1. The zero-order valence-corrected chi connectivity index (χ0v) is 15.1. The molecule has 0 rings (SSSR count). The van der Waals surface area contributed by atoms with Crippen LogP contribution in [0.15, 0.2) is 0 Å². The molecule has 1 atom stereocenters. The average Bonchev–Trinajstić information content (AvgIpc) is 2.42. The van der Waals surface area contributed by atoms with Crippen molar-refractivity contribution in [3.63, 3.8) is 0 Å². The van der Waals surface area contributed by atoms with E-state index >= 15 is 0 Å². The summed E-state index contributed by atoms with van der Waals surface area (Å²) in [6.45, 7) is 5.43. The van der Waals surface area contributed by atoms with Gasteiger partial charge in [-0.15, -0.1) is 0 Å². The maximum atomic E-state index is 11.1. The van der Waals surface area contributed by atoms with Crippen molar-refractivity contribution in [3.8, 4) is 0 Å². The van der Waals surface area contributed by atoms with Crippen LogP contribution in [-0.4, -0.2) is 21.8 Å². The number of aliphatic carboxylic acids is 1. The average molecular weight is 315 g/mol. The summed E-state index contributed by atoms with van der Waals surface area (Å²) in [5, 5.41) is 19.0. The lowest BCUT2D eigenvalue weighted by molar-refractivity contribution is -0.150. The molecule has 2 N–H and O–H groups in total. The number of carboxylic acids is 1. The van der Waals surface area contributed by atoms with Gasteiger partial charge in [0.2, 0.25) is 0 Å². The minimum atomic E-state index is -1.12. The molecule has 0 amide bonds. The number of hydrogen-bond acceptors (Lipinski definition) is 2. The Labute approximate surface area is 137 Å². The first-order valence-corrected chi connectivity index (χ1v) is 9.34. The van der Waals surface area contributed by atoms with E-state index in [2.05, 4.69) is 6.92 Å². The first-order chi connectivity index (χ1) is 10.4. The summed E-state index contributed by atoms with van der Waals surface area (Å²) in [7, 11) is 0. The molecule has 0 fully saturated rings. The predicted molar refractivity (Wildman–Crippen MR) is 93.1 cm³/mol. The standard InChI is InChI=1S/C19H38O3/c1-4-5-6-7-8-9-10-11-12-13-14-15-16-17(18(20)21)19(2,3)22/h17,22H,4-16H2,1-3H3,(H,20,21)/t17-/m1/s1. The topological polar surface area (TPSA) is 57.5 Å². The summed E-state index contributed by atoms with van der Waals surface area (Å²) < 4.78 is 0. The molecule has 0 aromatic rings. The molecule has 0 saturated heterocycles. The van der Waals surface area contributed by atoms with Gasteiger partial charge in [-0.05, 0) is 20.3 Å². The third-order valence-corrected chi connectivity index (χ3v) is 4.50. The van der Waals surface area contributed by atoms with Gasteiger partial charge in [0.25, 0.3) is 0 Å². The largest absolute Gasteiger partial charge is 0.481 e. The first kappa shape index (κ1) is 21.4. The fraction of sp³-hybridized carbons (Fsp3) is 0.947. The van der Waals surface area contributed by atoms with Crippen molar-refractivity contribution >= 4 is 5.97 Å². The van der Waals surface area contributed by atoms with Gasteiger partial charge in [-0.25, -0.2) is 0 Å². The highest BCUT2D eigenvalue weighted by Crippen LogP contribution is 2.23. The van der Waals surface area contributed by atoms with Crippen LogP contribution in [0.1, 0.15) is 104 Å². The maximum Gasteiger partial charge on any atom is 0.309 e. The predicted octanol–water partition coefficient (Wildman–Crippen LogP) is 5.55. The van der Waals surface area contributed by atoms with E-state index in [9.17, 15) is 9.90 Å². The minimum absolute atomic E-state index is 0.580. The monoisotopic (exact) mass is 314 g/mol. The number of rotatable bonds is 15. The smallest absolute Gasteiger partial charge is 0.309 e. The number of carbonyl (C=O) groups is 1. The molecule has 132 valence electrons. The van der Waals surface area contributed by atoms with Gasteiger partial charge in [0, 0.05) is 0 Å². The third kappa shape index (κ3) is 12.0. The zero-order chi connectivity index (χ0) is 16.8.